The molecule has 0 radical (unpaired) electrons. The first kappa shape index (κ1) is 15.3. The molecule has 1 amide bonds. The van der Waals surface area contributed by atoms with Crippen LogP contribution in [-0.2, 0) is 6.54 Å². The molecular formula is C15H18N2O3S. The number of hydrogen-bond acceptors (Lipinski definition) is 4. The molecule has 0 saturated carbocycles. The van der Waals surface area contributed by atoms with Gasteiger partial charge in [-0.25, -0.2) is 0 Å². The number of ether oxygens (including phenoxy) is 1. The molecule has 0 spiro atoms. The summed E-state index contributed by atoms with van der Waals surface area (Å²) < 4.78 is 6.67. The van der Waals surface area contributed by atoms with Crippen molar-refractivity contribution in [2.24, 2.45) is 0 Å². The molecule has 6 heteroatoms. The van der Waals surface area contributed by atoms with Crippen LogP contribution in [0.4, 0.5) is 0 Å². The van der Waals surface area contributed by atoms with Crippen molar-refractivity contribution in [2.45, 2.75) is 20.4 Å². The average Bonchev–Trinajstić information content (AvgIpc) is 2.88. The van der Waals surface area contributed by atoms with Gasteiger partial charge in [0.05, 0.1) is 12.0 Å². The molecule has 0 aliphatic carbocycles. The highest BCUT2D eigenvalue weighted by atomic mass is 32.1. The van der Waals surface area contributed by atoms with Crippen LogP contribution in [-0.4, -0.2) is 24.1 Å². The Hall–Kier alpha value is -2.08. The zero-order valence-electron chi connectivity index (χ0n) is 12.3. The number of aryl methyl sites for hydroxylation is 2. The maximum atomic E-state index is 11.9. The minimum absolute atomic E-state index is 0.104. The lowest BCUT2D eigenvalue weighted by Crippen LogP contribution is -2.31. The predicted molar refractivity (Wildman–Crippen MR) is 83.4 cm³/mol. The lowest BCUT2D eigenvalue weighted by Gasteiger charge is -2.11. The Bertz CT molecular complexity index is 703. The van der Waals surface area contributed by atoms with Gasteiger partial charge in [-0.1, -0.05) is 0 Å². The van der Waals surface area contributed by atoms with Gasteiger partial charge >= 0.3 is 0 Å². The van der Waals surface area contributed by atoms with Crippen LogP contribution in [0.15, 0.2) is 29.1 Å². The van der Waals surface area contributed by atoms with Crippen molar-refractivity contribution < 1.29 is 9.53 Å². The summed E-state index contributed by atoms with van der Waals surface area (Å²) in [5.74, 6) is 0.444. The van der Waals surface area contributed by atoms with Crippen molar-refractivity contribution in [1.29, 1.82) is 0 Å². The summed E-state index contributed by atoms with van der Waals surface area (Å²) in [6.45, 7) is 4.64. The van der Waals surface area contributed by atoms with E-state index in [1.54, 1.807) is 16.7 Å². The summed E-state index contributed by atoms with van der Waals surface area (Å²) in [6.07, 6.45) is 0. The number of pyridine rings is 1. The summed E-state index contributed by atoms with van der Waals surface area (Å²) in [5, 5.41) is 2.82. The molecule has 0 saturated heterocycles. The van der Waals surface area contributed by atoms with Gasteiger partial charge in [0, 0.05) is 29.7 Å². The number of rotatable bonds is 5. The Morgan fingerprint density at radius 1 is 1.33 bits per heavy atom. The number of nitrogens with one attached hydrogen (secondary N) is 1. The van der Waals surface area contributed by atoms with E-state index < -0.39 is 0 Å². The molecule has 2 heterocycles. The maximum absolute atomic E-state index is 11.9. The zero-order chi connectivity index (χ0) is 15.4. The zero-order valence-corrected chi connectivity index (χ0v) is 13.1. The van der Waals surface area contributed by atoms with Crippen molar-refractivity contribution in [3.05, 3.63) is 50.1 Å². The van der Waals surface area contributed by atoms with E-state index in [2.05, 4.69) is 5.32 Å². The van der Waals surface area contributed by atoms with E-state index >= 15 is 0 Å². The minimum atomic E-state index is -0.131. The van der Waals surface area contributed by atoms with Crippen LogP contribution in [0.3, 0.4) is 0 Å². The molecule has 21 heavy (non-hydrogen) atoms. The molecule has 0 aliphatic rings. The van der Waals surface area contributed by atoms with Gasteiger partial charge in [0.15, 0.2) is 0 Å². The minimum Gasteiger partial charge on any atom is -0.496 e. The standard InChI is InChI=1S/C15H18N2O3S/c1-10-8-12(20-3)9-14(18)17(10)7-6-16-15(19)13-5-4-11(2)21-13/h4-5,8-9H,6-7H2,1-3H3,(H,16,19). The number of aromatic nitrogens is 1. The second-order valence-corrected chi connectivity index (χ2v) is 5.98. The highest BCUT2D eigenvalue weighted by Crippen LogP contribution is 2.14. The highest BCUT2D eigenvalue weighted by molar-refractivity contribution is 7.13. The van der Waals surface area contributed by atoms with Crippen molar-refractivity contribution >= 4 is 17.2 Å². The van der Waals surface area contributed by atoms with Gasteiger partial charge in [-0.2, -0.15) is 0 Å². The number of hydrogen-bond donors (Lipinski definition) is 1. The number of carbonyl (C=O) groups excluding carboxylic acids is 1. The lowest BCUT2D eigenvalue weighted by molar-refractivity contribution is 0.0956. The molecule has 0 aliphatic heterocycles. The Kier molecular flexibility index (Phi) is 4.80. The van der Waals surface area contributed by atoms with E-state index in [0.717, 1.165) is 10.6 Å². The lowest BCUT2D eigenvalue weighted by atomic mass is 10.3. The molecule has 0 bridgehead atoms. The molecule has 1 N–H and O–H groups in total. The topological polar surface area (TPSA) is 60.3 Å². The van der Waals surface area contributed by atoms with Crippen molar-refractivity contribution in [3.8, 4) is 5.75 Å². The van der Waals surface area contributed by atoms with Crippen LogP contribution in [0.5, 0.6) is 5.75 Å². The van der Waals surface area contributed by atoms with Gasteiger partial charge in [-0.05, 0) is 32.0 Å². The first-order chi connectivity index (χ1) is 10.0. The van der Waals surface area contributed by atoms with Crippen LogP contribution in [0.2, 0.25) is 0 Å². The smallest absolute Gasteiger partial charge is 0.261 e. The molecule has 2 aromatic rings. The molecule has 0 aromatic carbocycles. The second-order valence-electron chi connectivity index (χ2n) is 4.69. The molecule has 0 fully saturated rings. The van der Waals surface area contributed by atoms with E-state index in [0.29, 0.717) is 23.7 Å². The van der Waals surface area contributed by atoms with E-state index in [1.165, 1.54) is 24.5 Å². The first-order valence-electron chi connectivity index (χ1n) is 6.61. The van der Waals surface area contributed by atoms with Gasteiger partial charge in [0.25, 0.3) is 11.5 Å². The van der Waals surface area contributed by atoms with Crippen LogP contribution in [0.25, 0.3) is 0 Å². The summed E-state index contributed by atoms with van der Waals surface area (Å²) >= 11 is 1.46. The number of amides is 1. The van der Waals surface area contributed by atoms with Gasteiger partial charge in [0.1, 0.15) is 5.75 Å². The number of nitrogens with zero attached hydrogens (tertiary/aromatic N) is 1. The summed E-state index contributed by atoms with van der Waals surface area (Å²) in [7, 11) is 1.53. The highest BCUT2D eigenvalue weighted by Gasteiger charge is 2.08. The van der Waals surface area contributed by atoms with Crippen LogP contribution < -0.4 is 15.6 Å². The fourth-order valence-electron chi connectivity index (χ4n) is 2.03. The van der Waals surface area contributed by atoms with Gasteiger partial charge in [-0.3, -0.25) is 9.59 Å². The molecular weight excluding hydrogens is 288 g/mol. The Labute approximate surface area is 127 Å². The monoisotopic (exact) mass is 306 g/mol. The van der Waals surface area contributed by atoms with Crippen molar-refractivity contribution in [3.63, 3.8) is 0 Å². The quantitative estimate of drug-likeness (QED) is 0.918. The fraction of sp³-hybridized carbons (Fsp3) is 0.333. The molecule has 5 nitrogen and oxygen atoms in total. The van der Waals surface area contributed by atoms with Gasteiger partial charge in [0.2, 0.25) is 0 Å². The Morgan fingerprint density at radius 2 is 2.10 bits per heavy atom. The summed E-state index contributed by atoms with van der Waals surface area (Å²) in [4.78, 5) is 25.6. The average molecular weight is 306 g/mol. The number of methoxy groups -OCH3 is 1. The van der Waals surface area contributed by atoms with Gasteiger partial charge in [-0.15, -0.1) is 11.3 Å². The van der Waals surface area contributed by atoms with E-state index in [4.69, 9.17) is 4.74 Å². The van der Waals surface area contributed by atoms with E-state index in [9.17, 15) is 9.59 Å². The predicted octanol–water partition coefficient (Wildman–Crippen LogP) is 1.97. The van der Waals surface area contributed by atoms with Crippen LogP contribution in [0, 0.1) is 13.8 Å². The normalized spacial score (nSPS) is 10.4. The molecule has 0 atom stereocenters. The van der Waals surface area contributed by atoms with E-state index in [-0.39, 0.29) is 11.5 Å². The Morgan fingerprint density at radius 3 is 2.67 bits per heavy atom. The van der Waals surface area contributed by atoms with Crippen LogP contribution >= 0.6 is 11.3 Å². The van der Waals surface area contributed by atoms with E-state index in [1.807, 2.05) is 19.9 Å². The van der Waals surface area contributed by atoms with Gasteiger partial charge < -0.3 is 14.6 Å². The Balaban J connectivity index is 1.98. The number of thiophene rings is 1. The maximum Gasteiger partial charge on any atom is 0.261 e. The second kappa shape index (κ2) is 6.58. The SMILES string of the molecule is COc1cc(C)n(CCNC(=O)c2ccc(C)s2)c(=O)c1. The first-order valence-corrected chi connectivity index (χ1v) is 7.43. The van der Waals surface area contributed by atoms with Crippen molar-refractivity contribution in [2.75, 3.05) is 13.7 Å². The summed E-state index contributed by atoms with van der Waals surface area (Å²) in [5.41, 5.74) is 0.675. The number of carbonyl (C=O) groups is 1. The fourth-order valence-corrected chi connectivity index (χ4v) is 2.81. The van der Waals surface area contributed by atoms with Crippen LogP contribution in [0.1, 0.15) is 20.2 Å². The summed E-state index contributed by atoms with van der Waals surface area (Å²) in [6, 6.07) is 6.96. The van der Waals surface area contributed by atoms with Crippen molar-refractivity contribution in [1.82, 2.24) is 9.88 Å². The third kappa shape index (κ3) is 3.72. The molecule has 112 valence electrons. The largest absolute Gasteiger partial charge is 0.496 e. The third-order valence-electron chi connectivity index (χ3n) is 3.13. The molecule has 2 rings (SSSR count). The molecule has 2 aromatic heterocycles. The molecule has 0 unspecified atom stereocenters. The third-order valence-corrected chi connectivity index (χ3v) is 4.13.